The summed E-state index contributed by atoms with van der Waals surface area (Å²) >= 11 is 1.74. The summed E-state index contributed by atoms with van der Waals surface area (Å²) in [5.74, 6) is 1.57. The summed E-state index contributed by atoms with van der Waals surface area (Å²) in [5.41, 5.74) is 2.99. The molecule has 0 saturated carbocycles. The molecular formula is C21H17N3O3S. The Bertz CT molecular complexity index is 1170. The highest BCUT2D eigenvalue weighted by atomic mass is 32.2. The second kappa shape index (κ2) is 6.76. The minimum absolute atomic E-state index is 0.234. The van der Waals surface area contributed by atoms with E-state index in [9.17, 15) is 4.79 Å². The molecule has 3 heterocycles. The van der Waals surface area contributed by atoms with Gasteiger partial charge in [0.1, 0.15) is 0 Å². The van der Waals surface area contributed by atoms with Gasteiger partial charge in [-0.15, -0.1) is 0 Å². The molecule has 1 N–H and O–H groups in total. The molecule has 6 nitrogen and oxygen atoms in total. The van der Waals surface area contributed by atoms with Gasteiger partial charge in [0, 0.05) is 29.4 Å². The highest BCUT2D eigenvalue weighted by molar-refractivity contribution is 7.99. The summed E-state index contributed by atoms with van der Waals surface area (Å²) in [5, 5.41) is 4.79. The second-order valence-corrected chi connectivity index (χ2v) is 7.50. The van der Waals surface area contributed by atoms with Crippen molar-refractivity contribution in [2.45, 2.75) is 11.7 Å². The van der Waals surface area contributed by atoms with Gasteiger partial charge in [0.05, 0.1) is 18.5 Å². The zero-order valence-corrected chi connectivity index (χ0v) is 16.0. The Morgan fingerprint density at radius 1 is 1.25 bits per heavy atom. The lowest BCUT2D eigenvalue weighted by atomic mass is 10.1. The molecule has 2 aromatic carbocycles. The molecule has 1 aliphatic heterocycles. The highest BCUT2D eigenvalue weighted by Gasteiger charge is 2.19. The molecule has 28 heavy (non-hydrogen) atoms. The molecule has 4 aromatic rings. The number of para-hydroxylation sites is 2. The number of imidazole rings is 1. The number of aromatic nitrogens is 2. The number of nitrogens with zero attached hydrogens (tertiary/aromatic N) is 2. The number of aryl methyl sites for hydroxylation is 1. The van der Waals surface area contributed by atoms with Gasteiger partial charge in [-0.3, -0.25) is 4.79 Å². The first kappa shape index (κ1) is 16.9. The first-order valence-electron chi connectivity index (χ1n) is 8.90. The van der Waals surface area contributed by atoms with Crippen LogP contribution in [-0.4, -0.2) is 28.3 Å². The number of nitrogens with one attached hydrogen (secondary N) is 1. The number of thioether (sulfide) groups is 1. The van der Waals surface area contributed by atoms with E-state index in [4.69, 9.17) is 14.1 Å². The van der Waals surface area contributed by atoms with Crippen molar-refractivity contribution in [1.29, 1.82) is 0 Å². The fourth-order valence-electron chi connectivity index (χ4n) is 3.35. The average Bonchev–Trinajstić information content (AvgIpc) is 3.42. The minimum atomic E-state index is -0.313. The van der Waals surface area contributed by atoms with Gasteiger partial charge in [-0.2, -0.15) is 0 Å². The molecule has 7 heteroatoms. The first-order valence-corrected chi connectivity index (χ1v) is 9.89. The molecule has 0 radical (unpaired) electrons. The molecule has 0 saturated heterocycles. The number of hydrogen-bond donors (Lipinski definition) is 1. The summed E-state index contributed by atoms with van der Waals surface area (Å²) < 4.78 is 13.2. The van der Waals surface area contributed by atoms with Crippen LogP contribution < -0.4 is 10.1 Å². The molecule has 2 aromatic heterocycles. The zero-order valence-electron chi connectivity index (χ0n) is 15.1. The molecule has 1 aliphatic rings. The molecule has 0 fully saturated rings. The lowest BCUT2D eigenvalue weighted by Crippen LogP contribution is -2.11. The van der Waals surface area contributed by atoms with Crippen LogP contribution in [0, 0.1) is 0 Å². The van der Waals surface area contributed by atoms with Gasteiger partial charge < -0.3 is 19.0 Å². The van der Waals surface area contributed by atoms with E-state index in [1.54, 1.807) is 31.0 Å². The van der Waals surface area contributed by atoms with Crippen LogP contribution in [0.25, 0.3) is 22.2 Å². The summed E-state index contributed by atoms with van der Waals surface area (Å²) in [6, 6.07) is 14.9. The molecule has 0 bridgehead atoms. The Balaban J connectivity index is 1.47. The second-order valence-electron chi connectivity index (χ2n) is 6.44. The number of anilines is 1. The van der Waals surface area contributed by atoms with E-state index in [1.807, 2.05) is 42.6 Å². The Kier molecular flexibility index (Phi) is 4.09. The van der Waals surface area contributed by atoms with Crippen molar-refractivity contribution in [2.24, 2.45) is 0 Å². The van der Waals surface area contributed by atoms with Crippen LogP contribution in [0.15, 0.2) is 64.3 Å². The third kappa shape index (κ3) is 2.84. The maximum Gasteiger partial charge on any atom is 0.291 e. The van der Waals surface area contributed by atoms with E-state index in [-0.39, 0.29) is 11.7 Å². The topological polar surface area (TPSA) is 69.3 Å². The molecule has 5 rings (SSSR count). The predicted molar refractivity (Wildman–Crippen MR) is 109 cm³/mol. The van der Waals surface area contributed by atoms with Crippen molar-refractivity contribution in [3.8, 4) is 17.0 Å². The third-order valence-corrected chi connectivity index (χ3v) is 5.68. The van der Waals surface area contributed by atoms with Gasteiger partial charge in [-0.25, -0.2) is 4.98 Å². The lowest BCUT2D eigenvalue weighted by Gasteiger charge is -2.08. The summed E-state index contributed by atoms with van der Waals surface area (Å²) in [7, 11) is 1.58. The molecule has 0 aliphatic carbocycles. The van der Waals surface area contributed by atoms with Gasteiger partial charge in [0.2, 0.25) is 0 Å². The largest absolute Gasteiger partial charge is 0.493 e. The maximum atomic E-state index is 12.8. The number of carbonyl (C=O) groups is 1. The number of fused-ring (bicyclic) bond motifs is 2. The van der Waals surface area contributed by atoms with Gasteiger partial charge in [0.25, 0.3) is 5.91 Å². The van der Waals surface area contributed by atoms with Crippen LogP contribution in [0.2, 0.25) is 0 Å². The number of hydrogen-bond acceptors (Lipinski definition) is 5. The van der Waals surface area contributed by atoms with Crippen molar-refractivity contribution >= 4 is 34.3 Å². The van der Waals surface area contributed by atoms with Crippen LogP contribution in [0.1, 0.15) is 10.6 Å². The quantitative estimate of drug-likeness (QED) is 0.548. The van der Waals surface area contributed by atoms with E-state index in [0.717, 1.165) is 34.1 Å². The van der Waals surface area contributed by atoms with Crippen molar-refractivity contribution in [3.05, 3.63) is 60.5 Å². The number of furan rings is 1. The number of ether oxygens (including phenoxy) is 1. The standard InChI is InChI=1S/C21H17N3O3S/c1-26-17-8-4-5-13-11-18(27-19(13)17)20(25)22-15-7-3-2-6-14(15)16-12-24-9-10-28-21(24)23-16/h2-8,11-12H,9-10H2,1H3,(H,22,25). The summed E-state index contributed by atoms with van der Waals surface area (Å²) in [4.78, 5) is 17.5. The van der Waals surface area contributed by atoms with Gasteiger partial charge >= 0.3 is 0 Å². The normalized spacial score (nSPS) is 12.9. The number of methoxy groups -OCH3 is 1. The van der Waals surface area contributed by atoms with Gasteiger partial charge in [-0.1, -0.05) is 42.1 Å². The van der Waals surface area contributed by atoms with E-state index < -0.39 is 0 Å². The van der Waals surface area contributed by atoms with Gasteiger partial charge in [0.15, 0.2) is 22.2 Å². The monoisotopic (exact) mass is 391 g/mol. The van der Waals surface area contributed by atoms with E-state index >= 15 is 0 Å². The fourth-order valence-corrected chi connectivity index (χ4v) is 4.29. The van der Waals surface area contributed by atoms with E-state index in [2.05, 4.69) is 9.88 Å². The average molecular weight is 391 g/mol. The first-order chi connectivity index (χ1) is 13.7. The number of amides is 1. The Labute approximate surface area is 165 Å². The molecule has 0 unspecified atom stereocenters. The van der Waals surface area contributed by atoms with Crippen molar-refractivity contribution in [2.75, 3.05) is 18.2 Å². The van der Waals surface area contributed by atoms with Crippen LogP contribution in [-0.2, 0) is 6.54 Å². The molecule has 0 atom stereocenters. The predicted octanol–water partition coefficient (Wildman–Crippen LogP) is 4.66. The summed E-state index contributed by atoms with van der Waals surface area (Å²) in [6.45, 7) is 0.961. The molecule has 140 valence electrons. The lowest BCUT2D eigenvalue weighted by molar-refractivity contribution is 0.0998. The van der Waals surface area contributed by atoms with E-state index in [0.29, 0.717) is 17.0 Å². The Hall–Kier alpha value is -3.19. The van der Waals surface area contributed by atoms with Gasteiger partial charge in [-0.05, 0) is 18.2 Å². The fraction of sp³-hybridized carbons (Fsp3) is 0.143. The number of benzene rings is 2. The van der Waals surface area contributed by atoms with Crippen LogP contribution in [0.5, 0.6) is 5.75 Å². The minimum Gasteiger partial charge on any atom is -0.493 e. The molecule has 0 spiro atoms. The van der Waals surface area contributed by atoms with Crippen LogP contribution in [0.3, 0.4) is 0 Å². The van der Waals surface area contributed by atoms with Crippen LogP contribution >= 0.6 is 11.8 Å². The SMILES string of the molecule is COc1cccc2cc(C(=O)Nc3ccccc3-c3cn4c(n3)SCC4)oc12. The van der Waals surface area contributed by atoms with Crippen molar-refractivity contribution < 1.29 is 13.9 Å². The summed E-state index contributed by atoms with van der Waals surface area (Å²) in [6.07, 6.45) is 2.03. The van der Waals surface area contributed by atoms with Crippen molar-refractivity contribution in [3.63, 3.8) is 0 Å². The highest BCUT2D eigenvalue weighted by Crippen LogP contribution is 2.33. The Morgan fingerprint density at radius 2 is 2.14 bits per heavy atom. The maximum absolute atomic E-state index is 12.8. The number of carbonyl (C=O) groups excluding carboxylic acids is 1. The molecule has 1 amide bonds. The number of rotatable bonds is 4. The van der Waals surface area contributed by atoms with Crippen molar-refractivity contribution in [1.82, 2.24) is 9.55 Å². The molecular weight excluding hydrogens is 374 g/mol. The zero-order chi connectivity index (χ0) is 19.1. The van der Waals surface area contributed by atoms with Crippen LogP contribution in [0.4, 0.5) is 5.69 Å². The van der Waals surface area contributed by atoms with E-state index in [1.165, 1.54) is 0 Å². The smallest absolute Gasteiger partial charge is 0.291 e. The Morgan fingerprint density at radius 3 is 3.00 bits per heavy atom. The third-order valence-electron chi connectivity index (χ3n) is 4.71.